The summed E-state index contributed by atoms with van der Waals surface area (Å²) in [5.41, 5.74) is 1.13. The standard InChI is InChI=1S/C11H14ClNO2/c1-14-9-4-3-8(7-5-13-6-7)10(12)11(9)15-2/h3-4,7,13H,5-6H2,1-2H3. The predicted octanol–water partition coefficient (Wildman–Crippen LogP) is 2.04. The summed E-state index contributed by atoms with van der Waals surface area (Å²) in [5, 5.41) is 3.89. The van der Waals surface area contributed by atoms with Gasteiger partial charge in [-0.15, -0.1) is 0 Å². The number of methoxy groups -OCH3 is 2. The molecular formula is C11H14ClNO2. The van der Waals surface area contributed by atoms with E-state index in [1.54, 1.807) is 14.2 Å². The Morgan fingerprint density at radius 3 is 2.47 bits per heavy atom. The van der Waals surface area contributed by atoms with Crippen LogP contribution in [0.15, 0.2) is 12.1 Å². The maximum atomic E-state index is 6.27. The molecule has 0 spiro atoms. The van der Waals surface area contributed by atoms with Crippen LogP contribution in [-0.4, -0.2) is 27.3 Å². The topological polar surface area (TPSA) is 30.5 Å². The molecule has 82 valence electrons. The average Bonchev–Trinajstić information content (AvgIpc) is 2.18. The first-order valence-corrected chi connectivity index (χ1v) is 5.26. The van der Waals surface area contributed by atoms with Crippen LogP contribution in [0, 0.1) is 0 Å². The van der Waals surface area contributed by atoms with Gasteiger partial charge >= 0.3 is 0 Å². The Labute approximate surface area is 94.3 Å². The number of halogens is 1. The molecule has 3 nitrogen and oxygen atoms in total. The van der Waals surface area contributed by atoms with Crippen molar-refractivity contribution < 1.29 is 9.47 Å². The van der Waals surface area contributed by atoms with Crippen LogP contribution in [0.4, 0.5) is 0 Å². The zero-order chi connectivity index (χ0) is 10.8. The molecule has 0 amide bonds. The maximum absolute atomic E-state index is 6.27. The fourth-order valence-corrected chi connectivity index (χ4v) is 2.12. The van der Waals surface area contributed by atoms with Crippen LogP contribution < -0.4 is 14.8 Å². The Hall–Kier alpha value is -0.930. The van der Waals surface area contributed by atoms with Gasteiger partial charge in [-0.3, -0.25) is 0 Å². The van der Waals surface area contributed by atoms with E-state index in [1.807, 2.05) is 12.1 Å². The van der Waals surface area contributed by atoms with Crippen LogP contribution in [0.25, 0.3) is 0 Å². The van der Waals surface area contributed by atoms with E-state index in [0.29, 0.717) is 22.4 Å². The minimum absolute atomic E-state index is 0.498. The number of ether oxygens (including phenoxy) is 2. The van der Waals surface area contributed by atoms with Gasteiger partial charge in [0, 0.05) is 19.0 Å². The van der Waals surface area contributed by atoms with Gasteiger partial charge in [-0.2, -0.15) is 0 Å². The van der Waals surface area contributed by atoms with Gasteiger partial charge in [0.1, 0.15) is 0 Å². The zero-order valence-corrected chi connectivity index (χ0v) is 9.60. The molecule has 1 aliphatic rings. The fourth-order valence-electron chi connectivity index (χ4n) is 1.73. The highest BCUT2D eigenvalue weighted by molar-refractivity contribution is 6.33. The van der Waals surface area contributed by atoms with Gasteiger partial charge in [-0.05, 0) is 11.6 Å². The Kier molecular flexibility index (Phi) is 3.03. The van der Waals surface area contributed by atoms with Gasteiger partial charge in [0.2, 0.25) is 0 Å². The van der Waals surface area contributed by atoms with Crippen molar-refractivity contribution in [1.29, 1.82) is 0 Å². The summed E-state index contributed by atoms with van der Waals surface area (Å²) in [6.45, 7) is 1.96. The van der Waals surface area contributed by atoms with Crippen LogP contribution in [-0.2, 0) is 0 Å². The molecule has 1 aliphatic heterocycles. The average molecular weight is 228 g/mol. The highest BCUT2D eigenvalue weighted by Crippen LogP contribution is 2.40. The van der Waals surface area contributed by atoms with Crippen molar-refractivity contribution in [3.8, 4) is 11.5 Å². The third kappa shape index (κ3) is 1.77. The van der Waals surface area contributed by atoms with E-state index in [1.165, 1.54) is 0 Å². The van der Waals surface area contributed by atoms with Crippen molar-refractivity contribution in [3.63, 3.8) is 0 Å². The molecule has 1 fully saturated rings. The molecule has 0 aliphatic carbocycles. The summed E-state index contributed by atoms with van der Waals surface area (Å²) in [6.07, 6.45) is 0. The molecule has 1 heterocycles. The molecular weight excluding hydrogens is 214 g/mol. The maximum Gasteiger partial charge on any atom is 0.179 e. The number of hydrogen-bond acceptors (Lipinski definition) is 3. The van der Waals surface area contributed by atoms with Crippen molar-refractivity contribution in [3.05, 3.63) is 22.7 Å². The largest absolute Gasteiger partial charge is 0.493 e. The number of hydrogen-bond donors (Lipinski definition) is 1. The summed E-state index contributed by atoms with van der Waals surface area (Å²) in [6, 6.07) is 3.91. The molecule has 1 aromatic rings. The lowest BCUT2D eigenvalue weighted by Gasteiger charge is -2.29. The Morgan fingerprint density at radius 1 is 1.27 bits per heavy atom. The second-order valence-electron chi connectivity index (χ2n) is 3.56. The summed E-state index contributed by atoms with van der Waals surface area (Å²) in [5.74, 6) is 1.81. The van der Waals surface area contributed by atoms with Gasteiger partial charge in [0.05, 0.1) is 19.2 Å². The second-order valence-corrected chi connectivity index (χ2v) is 3.94. The lowest BCUT2D eigenvalue weighted by Crippen LogP contribution is -2.40. The van der Waals surface area contributed by atoms with Crippen molar-refractivity contribution in [1.82, 2.24) is 5.32 Å². The van der Waals surface area contributed by atoms with E-state index in [0.717, 1.165) is 18.7 Å². The molecule has 0 atom stereocenters. The lowest BCUT2D eigenvalue weighted by molar-refractivity contribution is 0.353. The minimum atomic E-state index is 0.498. The highest BCUT2D eigenvalue weighted by Gasteiger charge is 2.24. The van der Waals surface area contributed by atoms with Gasteiger partial charge in [-0.25, -0.2) is 0 Å². The quantitative estimate of drug-likeness (QED) is 0.858. The van der Waals surface area contributed by atoms with E-state index < -0.39 is 0 Å². The van der Waals surface area contributed by atoms with Gasteiger partial charge < -0.3 is 14.8 Å². The summed E-state index contributed by atoms with van der Waals surface area (Å²) >= 11 is 6.27. The van der Waals surface area contributed by atoms with Crippen molar-refractivity contribution in [2.24, 2.45) is 0 Å². The van der Waals surface area contributed by atoms with Crippen LogP contribution in [0.3, 0.4) is 0 Å². The molecule has 1 N–H and O–H groups in total. The zero-order valence-electron chi connectivity index (χ0n) is 8.84. The number of benzene rings is 1. The van der Waals surface area contributed by atoms with Crippen LogP contribution in [0.5, 0.6) is 11.5 Å². The summed E-state index contributed by atoms with van der Waals surface area (Å²) in [4.78, 5) is 0. The second kappa shape index (κ2) is 4.29. The van der Waals surface area contributed by atoms with Gasteiger partial charge in [0.15, 0.2) is 11.5 Å². The molecule has 0 aromatic heterocycles. The monoisotopic (exact) mass is 227 g/mol. The smallest absolute Gasteiger partial charge is 0.179 e. The Balaban J connectivity index is 2.40. The third-order valence-electron chi connectivity index (χ3n) is 2.74. The molecule has 4 heteroatoms. The summed E-state index contributed by atoms with van der Waals surface area (Å²) < 4.78 is 10.4. The SMILES string of the molecule is COc1ccc(C2CNC2)c(Cl)c1OC. The first kappa shape index (κ1) is 10.6. The van der Waals surface area contributed by atoms with Crippen molar-refractivity contribution >= 4 is 11.6 Å². The Bertz CT molecular complexity index is 364. The van der Waals surface area contributed by atoms with E-state index in [-0.39, 0.29) is 0 Å². The van der Waals surface area contributed by atoms with Crippen LogP contribution >= 0.6 is 11.6 Å². The first-order chi connectivity index (χ1) is 7.27. The van der Waals surface area contributed by atoms with Crippen molar-refractivity contribution in [2.75, 3.05) is 27.3 Å². The van der Waals surface area contributed by atoms with E-state index >= 15 is 0 Å². The van der Waals surface area contributed by atoms with Gasteiger partial charge in [-0.1, -0.05) is 17.7 Å². The Morgan fingerprint density at radius 2 is 2.00 bits per heavy atom. The molecule has 0 unspecified atom stereocenters. The van der Waals surface area contributed by atoms with Crippen molar-refractivity contribution in [2.45, 2.75) is 5.92 Å². The van der Waals surface area contributed by atoms with Crippen LogP contribution in [0.2, 0.25) is 5.02 Å². The van der Waals surface area contributed by atoms with E-state index in [4.69, 9.17) is 21.1 Å². The summed E-state index contributed by atoms with van der Waals surface area (Å²) in [7, 11) is 3.21. The molecule has 2 rings (SSSR count). The fraction of sp³-hybridized carbons (Fsp3) is 0.455. The van der Waals surface area contributed by atoms with Crippen LogP contribution in [0.1, 0.15) is 11.5 Å². The number of rotatable bonds is 3. The minimum Gasteiger partial charge on any atom is -0.493 e. The first-order valence-electron chi connectivity index (χ1n) is 4.89. The predicted molar refractivity (Wildman–Crippen MR) is 60.2 cm³/mol. The lowest BCUT2D eigenvalue weighted by atomic mass is 9.93. The van der Waals surface area contributed by atoms with Gasteiger partial charge in [0.25, 0.3) is 0 Å². The number of nitrogens with one attached hydrogen (secondary N) is 1. The molecule has 0 saturated carbocycles. The van der Waals surface area contributed by atoms with E-state index in [9.17, 15) is 0 Å². The molecule has 1 saturated heterocycles. The molecule has 1 aromatic carbocycles. The van der Waals surface area contributed by atoms with E-state index in [2.05, 4.69) is 5.32 Å². The molecule has 0 radical (unpaired) electrons. The molecule has 0 bridgehead atoms. The normalized spacial score (nSPS) is 15.9. The highest BCUT2D eigenvalue weighted by atomic mass is 35.5. The third-order valence-corrected chi connectivity index (χ3v) is 3.13. The molecule has 15 heavy (non-hydrogen) atoms.